The minimum Gasteiger partial charge on any atom is -0.339 e. The molecule has 1 atom stereocenters. The van der Waals surface area contributed by atoms with Crippen LogP contribution in [0.2, 0.25) is 0 Å². The van der Waals surface area contributed by atoms with Crippen molar-refractivity contribution in [3.63, 3.8) is 0 Å². The number of anilines is 2. The highest BCUT2D eigenvalue weighted by Crippen LogP contribution is 2.27. The molecule has 0 aliphatic carbocycles. The van der Waals surface area contributed by atoms with E-state index in [1.165, 1.54) is 0 Å². The van der Waals surface area contributed by atoms with Crippen LogP contribution in [0.25, 0.3) is 0 Å². The van der Waals surface area contributed by atoms with Crippen LogP contribution in [0.1, 0.15) is 36.0 Å². The summed E-state index contributed by atoms with van der Waals surface area (Å²) in [5, 5.41) is 2.90. The average molecular weight is 391 g/mol. The highest BCUT2D eigenvalue weighted by Gasteiger charge is 2.35. The Morgan fingerprint density at radius 3 is 2.34 bits per heavy atom. The molecule has 2 aliphatic heterocycles. The van der Waals surface area contributed by atoms with Crippen molar-refractivity contribution in [2.45, 2.75) is 25.7 Å². The highest BCUT2D eigenvalue weighted by atomic mass is 16.2. The summed E-state index contributed by atoms with van der Waals surface area (Å²) in [4.78, 5) is 41.7. The molecule has 150 valence electrons. The SMILES string of the molecule is O=C(Nc1ccccc1C(=O)N1CCCCC1)C1CC(=O)N(c2ccccc2)C1. The highest BCUT2D eigenvalue weighted by molar-refractivity contribution is 6.07. The van der Waals surface area contributed by atoms with E-state index in [4.69, 9.17) is 0 Å². The van der Waals surface area contributed by atoms with Crippen molar-refractivity contribution >= 4 is 29.1 Å². The number of hydrogen-bond acceptors (Lipinski definition) is 3. The lowest BCUT2D eigenvalue weighted by Gasteiger charge is -2.27. The molecular weight excluding hydrogens is 366 g/mol. The van der Waals surface area contributed by atoms with Crippen LogP contribution in [-0.2, 0) is 9.59 Å². The topological polar surface area (TPSA) is 69.7 Å². The second-order valence-electron chi connectivity index (χ2n) is 7.63. The van der Waals surface area contributed by atoms with Crippen LogP contribution in [-0.4, -0.2) is 42.3 Å². The summed E-state index contributed by atoms with van der Waals surface area (Å²) < 4.78 is 0. The molecule has 29 heavy (non-hydrogen) atoms. The number of rotatable bonds is 4. The molecule has 0 saturated carbocycles. The Labute approximate surface area is 170 Å². The number of likely N-dealkylation sites (tertiary alicyclic amines) is 1. The lowest BCUT2D eigenvalue weighted by Crippen LogP contribution is -2.36. The molecule has 2 fully saturated rings. The zero-order valence-electron chi connectivity index (χ0n) is 16.3. The Kier molecular flexibility index (Phi) is 5.60. The monoisotopic (exact) mass is 391 g/mol. The molecular formula is C23H25N3O3. The number of hydrogen-bond donors (Lipinski definition) is 1. The van der Waals surface area contributed by atoms with Crippen LogP contribution in [0.15, 0.2) is 54.6 Å². The fourth-order valence-electron chi connectivity index (χ4n) is 4.02. The predicted molar refractivity (Wildman–Crippen MR) is 112 cm³/mol. The molecule has 0 bridgehead atoms. The molecule has 1 N–H and O–H groups in total. The van der Waals surface area contributed by atoms with Crippen LogP contribution in [0, 0.1) is 5.92 Å². The number of nitrogens with one attached hydrogen (secondary N) is 1. The van der Waals surface area contributed by atoms with Gasteiger partial charge in [-0.1, -0.05) is 30.3 Å². The van der Waals surface area contributed by atoms with E-state index in [2.05, 4.69) is 5.32 Å². The Balaban J connectivity index is 1.46. The Hall–Kier alpha value is -3.15. The molecule has 2 aromatic carbocycles. The van der Waals surface area contributed by atoms with Crippen LogP contribution >= 0.6 is 0 Å². The molecule has 0 spiro atoms. The number of amides is 3. The maximum atomic E-state index is 12.9. The van der Waals surface area contributed by atoms with Gasteiger partial charge in [-0.25, -0.2) is 0 Å². The van der Waals surface area contributed by atoms with Crippen molar-refractivity contribution < 1.29 is 14.4 Å². The molecule has 2 heterocycles. The zero-order chi connectivity index (χ0) is 20.2. The predicted octanol–water partition coefficient (Wildman–Crippen LogP) is 3.30. The van der Waals surface area contributed by atoms with E-state index in [1.54, 1.807) is 23.1 Å². The molecule has 6 nitrogen and oxygen atoms in total. The van der Waals surface area contributed by atoms with Gasteiger partial charge in [0.05, 0.1) is 17.2 Å². The van der Waals surface area contributed by atoms with Crippen LogP contribution < -0.4 is 10.2 Å². The zero-order valence-corrected chi connectivity index (χ0v) is 16.3. The minimum atomic E-state index is -0.444. The summed E-state index contributed by atoms with van der Waals surface area (Å²) in [5.41, 5.74) is 1.82. The molecule has 2 aliphatic rings. The first-order valence-corrected chi connectivity index (χ1v) is 10.2. The summed E-state index contributed by atoms with van der Waals surface area (Å²) in [5.74, 6) is -0.778. The van der Waals surface area contributed by atoms with Crippen molar-refractivity contribution in [1.29, 1.82) is 0 Å². The van der Waals surface area contributed by atoms with Gasteiger partial charge >= 0.3 is 0 Å². The van der Waals surface area contributed by atoms with E-state index >= 15 is 0 Å². The van der Waals surface area contributed by atoms with Gasteiger partial charge in [-0.2, -0.15) is 0 Å². The third-order valence-corrected chi connectivity index (χ3v) is 5.62. The summed E-state index contributed by atoms with van der Waals surface area (Å²) in [6.45, 7) is 1.85. The molecule has 2 aromatic rings. The fourth-order valence-corrected chi connectivity index (χ4v) is 4.02. The molecule has 0 radical (unpaired) electrons. The van der Waals surface area contributed by atoms with E-state index < -0.39 is 5.92 Å². The lowest BCUT2D eigenvalue weighted by molar-refractivity contribution is -0.122. The Morgan fingerprint density at radius 2 is 1.59 bits per heavy atom. The molecule has 4 rings (SSSR count). The smallest absolute Gasteiger partial charge is 0.255 e. The van der Waals surface area contributed by atoms with E-state index in [0.29, 0.717) is 17.8 Å². The number of para-hydroxylation sites is 2. The second-order valence-corrected chi connectivity index (χ2v) is 7.63. The standard InChI is InChI=1S/C23H25N3O3/c27-21-15-17(16-26(21)18-9-3-1-4-10-18)22(28)24-20-12-6-5-11-19(20)23(29)25-13-7-2-8-14-25/h1,3-6,9-12,17H,2,7-8,13-16H2,(H,24,28). The first-order valence-electron chi connectivity index (χ1n) is 10.2. The van der Waals surface area contributed by atoms with Gasteiger partial charge in [0.15, 0.2) is 0 Å². The first-order chi connectivity index (χ1) is 14.1. The van der Waals surface area contributed by atoms with Crippen LogP contribution in [0.4, 0.5) is 11.4 Å². The van der Waals surface area contributed by atoms with Gasteiger partial charge in [-0.15, -0.1) is 0 Å². The van der Waals surface area contributed by atoms with E-state index in [1.807, 2.05) is 41.3 Å². The van der Waals surface area contributed by atoms with Crippen molar-refractivity contribution in [2.24, 2.45) is 5.92 Å². The third-order valence-electron chi connectivity index (χ3n) is 5.62. The average Bonchev–Trinajstić information content (AvgIpc) is 3.17. The minimum absolute atomic E-state index is 0.0472. The lowest BCUT2D eigenvalue weighted by atomic mass is 10.1. The van der Waals surface area contributed by atoms with E-state index in [-0.39, 0.29) is 24.1 Å². The van der Waals surface area contributed by atoms with Gasteiger partial charge in [-0.05, 0) is 43.5 Å². The first kappa shape index (κ1) is 19.2. The number of nitrogens with zero attached hydrogens (tertiary/aromatic N) is 2. The van der Waals surface area contributed by atoms with Crippen molar-refractivity contribution in [3.8, 4) is 0 Å². The maximum absolute atomic E-state index is 12.9. The van der Waals surface area contributed by atoms with Gasteiger partial charge in [0.1, 0.15) is 0 Å². The van der Waals surface area contributed by atoms with Gasteiger partial charge in [0, 0.05) is 31.7 Å². The van der Waals surface area contributed by atoms with E-state index in [9.17, 15) is 14.4 Å². The Morgan fingerprint density at radius 1 is 0.897 bits per heavy atom. The van der Waals surface area contributed by atoms with Gasteiger partial charge in [0.25, 0.3) is 5.91 Å². The summed E-state index contributed by atoms with van der Waals surface area (Å²) in [6.07, 6.45) is 3.35. The summed E-state index contributed by atoms with van der Waals surface area (Å²) in [7, 11) is 0. The van der Waals surface area contributed by atoms with Crippen molar-refractivity contribution in [1.82, 2.24) is 4.90 Å². The van der Waals surface area contributed by atoms with Gasteiger partial charge < -0.3 is 15.1 Å². The fraction of sp³-hybridized carbons (Fsp3) is 0.348. The number of carbonyl (C=O) groups excluding carboxylic acids is 3. The molecule has 0 aromatic heterocycles. The van der Waals surface area contributed by atoms with Crippen LogP contribution in [0.3, 0.4) is 0 Å². The molecule has 2 saturated heterocycles. The van der Waals surface area contributed by atoms with Crippen LogP contribution in [0.5, 0.6) is 0 Å². The normalized spacial score (nSPS) is 19.3. The van der Waals surface area contributed by atoms with Crippen molar-refractivity contribution in [3.05, 3.63) is 60.2 Å². The Bertz CT molecular complexity index is 907. The number of piperidine rings is 1. The number of benzene rings is 2. The quantitative estimate of drug-likeness (QED) is 0.869. The summed E-state index contributed by atoms with van der Waals surface area (Å²) in [6, 6.07) is 16.5. The number of carbonyl (C=O) groups is 3. The van der Waals surface area contributed by atoms with Gasteiger partial charge in [-0.3, -0.25) is 14.4 Å². The molecule has 6 heteroatoms. The van der Waals surface area contributed by atoms with Crippen molar-refractivity contribution in [2.75, 3.05) is 29.9 Å². The molecule has 3 amide bonds. The largest absolute Gasteiger partial charge is 0.339 e. The summed E-state index contributed by atoms with van der Waals surface area (Å²) >= 11 is 0. The third kappa shape index (κ3) is 4.16. The van der Waals surface area contributed by atoms with Gasteiger partial charge in [0.2, 0.25) is 11.8 Å². The molecule has 1 unspecified atom stereocenters. The van der Waals surface area contributed by atoms with E-state index in [0.717, 1.165) is 38.0 Å². The maximum Gasteiger partial charge on any atom is 0.255 e. The second kappa shape index (κ2) is 8.47.